The number of allylic oxidation sites excluding steroid dienone is 2. The van der Waals surface area contributed by atoms with Gasteiger partial charge in [0.2, 0.25) is 5.91 Å². The van der Waals surface area contributed by atoms with Gasteiger partial charge in [-0.3, -0.25) is 9.69 Å². The highest BCUT2D eigenvalue weighted by molar-refractivity contribution is 8.23. The first kappa shape index (κ1) is 26.6. The predicted molar refractivity (Wildman–Crippen MR) is 135 cm³/mol. The van der Waals surface area contributed by atoms with E-state index in [9.17, 15) is 4.79 Å². The fourth-order valence-corrected chi connectivity index (χ4v) is 12.0. The molecule has 2 atom stereocenters. The lowest BCUT2D eigenvalue weighted by Crippen LogP contribution is -2.42. The Hall–Kier alpha value is -0.433. The Bertz CT molecular complexity index is 592. The highest BCUT2D eigenvalue weighted by Gasteiger charge is 2.40. The minimum Gasteiger partial charge on any atom is -0.377 e. The summed E-state index contributed by atoms with van der Waals surface area (Å²) < 4.78 is 6.28. The van der Waals surface area contributed by atoms with E-state index in [0.29, 0.717) is 33.3 Å². The highest BCUT2D eigenvalue weighted by atomic mass is 32.2. The van der Waals surface area contributed by atoms with Crippen molar-refractivity contribution in [3.8, 4) is 0 Å². The fraction of sp³-hybridized carbons (Fsp3) is 0.739. The second kappa shape index (κ2) is 11.8. The SMILES string of the molecule is COC(/C=C/C=C\[Si](C(C)C)(C(C)C)C(C)C)CC(=O)N1C(=S)SC[C@H]1C(C)C. The molecule has 1 saturated heterocycles. The topological polar surface area (TPSA) is 29.5 Å². The van der Waals surface area contributed by atoms with Crippen molar-refractivity contribution in [1.29, 1.82) is 0 Å². The Morgan fingerprint density at radius 1 is 1.14 bits per heavy atom. The number of thiocarbonyl (C=S) groups is 1. The Labute approximate surface area is 189 Å². The smallest absolute Gasteiger partial charge is 0.231 e. The lowest BCUT2D eigenvalue weighted by Gasteiger charge is -2.40. The van der Waals surface area contributed by atoms with Gasteiger partial charge in [0.05, 0.1) is 20.6 Å². The molecular formula is C23H41NO2S2Si. The molecule has 1 amide bonds. The summed E-state index contributed by atoms with van der Waals surface area (Å²) in [7, 11) is 0.104. The van der Waals surface area contributed by atoms with Crippen molar-refractivity contribution in [1.82, 2.24) is 4.90 Å². The van der Waals surface area contributed by atoms with E-state index in [1.807, 2.05) is 11.0 Å². The largest absolute Gasteiger partial charge is 0.377 e. The van der Waals surface area contributed by atoms with Gasteiger partial charge < -0.3 is 4.74 Å². The van der Waals surface area contributed by atoms with Gasteiger partial charge >= 0.3 is 0 Å². The molecule has 1 rings (SSSR count). The fourth-order valence-electron chi connectivity index (χ4n) is 4.70. The molecule has 0 radical (unpaired) electrons. The summed E-state index contributed by atoms with van der Waals surface area (Å²) in [6.45, 7) is 18.5. The second-order valence-corrected chi connectivity index (χ2v) is 16.8. The van der Waals surface area contributed by atoms with Crippen LogP contribution in [0.2, 0.25) is 16.6 Å². The van der Waals surface area contributed by atoms with Gasteiger partial charge in [-0.15, -0.1) is 0 Å². The highest BCUT2D eigenvalue weighted by Crippen LogP contribution is 2.42. The standard InChI is InChI=1S/C23H41NO2S2Si/c1-16(2)21-15-28-23(27)24(21)22(25)14-20(26-9)12-10-11-13-29(17(3)4,18(5)6)19(7)8/h10-13,16-21H,14-15H2,1-9H3/b12-10+,13-11-/t20?,21-/m0/s1. The zero-order chi connectivity index (χ0) is 22.4. The molecule has 166 valence electrons. The number of hydrogen-bond donors (Lipinski definition) is 0. The van der Waals surface area contributed by atoms with E-state index in [2.05, 4.69) is 73.2 Å². The first-order valence-corrected chi connectivity index (χ1v) is 14.6. The average molecular weight is 456 g/mol. The monoisotopic (exact) mass is 455 g/mol. The molecule has 0 bridgehead atoms. The third kappa shape index (κ3) is 6.52. The molecule has 3 nitrogen and oxygen atoms in total. The summed E-state index contributed by atoms with van der Waals surface area (Å²) in [6, 6.07) is 0.191. The van der Waals surface area contributed by atoms with E-state index in [1.54, 1.807) is 18.9 Å². The molecule has 29 heavy (non-hydrogen) atoms. The number of hydrogen-bond acceptors (Lipinski definition) is 4. The van der Waals surface area contributed by atoms with Gasteiger partial charge in [-0.1, -0.05) is 103 Å². The molecule has 6 heteroatoms. The molecule has 0 aromatic carbocycles. The third-order valence-electron chi connectivity index (χ3n) is 6.44. The summed E-state index contributed by atoms with van der Waals surface area (Å²) in [4.78, 5) is 14.7. The van der Waals surface area contributed by atoms with Crippen molar-refractivity contribution in [3.05, 3.63) is 23.9 Å². The molecule has 0 aliphatic carbocycles. The number of amides is 1. The molecule has 1 heterocycles. The van der Waals surface area contributed by atoms with Crippen molar-refractivity contribution in [2.24, 2.45) is 5.92 Å². The van der Waals surface area contributed by atoms with Gasteiger partial charge in [0.25, 0.3) is 0 Å². The van der Waals surface area contributed by atoms with Crippen molar-refractivity contribution in [2.75, 3.05) is 12.9 Å². The Kier molecular flexibility index (Phi) is 10.8. The minimum absolute atomic E-state index is 0.0643. The van der Waals surface area contributed by atoms with Crippen molar-refractivity contribution in [3.63, 3.8) is 0 Å². The number of nitrogens with zero attached hydrogens (tertiary/aromatic N) is 1. The van der Waals surface area contributed by atoms with E-state index in [4.69, 9.17) is 17.0 Å². The van der Waals surface area contributed by atoms with Crippen LogP contribution < -0.4 is 0 Å². The molecular weight excluding hydrogens is 414 g/mol. The number of rotatable bonds is 10. The molecule has 1 aliphatic heterocycles. The first-order valence-electron chi connectivity index (χ1n) is 10.9. The van der Waals surface area contributed by atoms with Crippen LogP contribution >= 0.6 is 24.0 Å². The lowest BCUT2D eigenvalue weighted by atomic mass is 10.0. The maximum absolute atomic E-state index is 12.9. The van der Waals surface area contributed by atoms with Crippen LogP contribution in [0.4, 0.5) is 0 Å². The van der Waals surface area contributed by atoms with E-state index in [1.165, 1.54) is 0 Å². The van der Waals surface area contributed by atoms with Gasteiger partial charge in [-0.2, -0.15) is 0 Å². The Balaban J connectivity index is 2.87. The quantitative estimate of drug-likeness (QED) is 0.211. The van der Waals surface area contributed by atoms with Crippen molar-refractivity contribution < 1.29 is 9.53 Å². The summed E-state index contributed by atoms with van der Waals surface area (Å²) in [5.41, 5.74) is 4.55. The number of thioether (sulfide) groups is 1. The van der Waals surface area contributed by atoms with Gasteiger partial charge in [0, 0.05) is 18.9 Å². The third-order valence-corrected chi connectivity index (χ3v) is 14.7. The zero-order valence-electron chi connectivity index (χ0n) is 19.8. The number of carbonyl (C=O) groups excluding carboxylic acids is 1. The first-order chi connectivity index (χ1) is 13.5. The van der Waals surface area contributed by atoms with Crippen LogP contribution in [0.15, 0.2) is 23.9 Å². The summed E-state index contributed by atoms with van der Waals surface area (Å²) in [6.07, 6.45) is 6.35. The summed E-state index contributed by atoms with van der Waals surface area (Å²) in [5, 5.41) is 0. The predicted octanol–water partition coefficient (Wildman–Crippen LogP) is 6.61. The van der Waals surface area contributed by atoms with Gasteiger partial charge in [0.1, 0.15) is 4.32 Å². The molecule has 0 aromatic heterocycles. The number of ether oxygens (including phenoxy) is 1. The molecule has 1 fully saturated rings. The Morgan fingerprint density at radius 2 is 1.69 bits per heavy atom. The van der Waals surface area contributed by atoms with Crippen LogP contribution in [0, 0.1) is 5.92 Å². The average Bonchev–Trinajstić information content (AvgIpc) is 3.01. The molecule has 0 N–H and O–H groups in total. The molecule has 1 aliphatic rings. The van der Waals surface area contributed by atoms with E-state index in [0.717, 1.165) is 5.75 Å². The molecule has 0 spiro atoms. The minimum atomic E-state index is -1.56. The van der Waals surface area contributed by atoms with Crippen molar-refractivity contribution >= 4 is 42.3 Å². The van der Waals surface area contributed by atoms with E-state index >= 15 is 0 Å². The second-order valence-electron chi connectivity index (χ2n) is 9.34. The van der Waals surface area contributed by atoms with Gasteiger partial charge in [-0.25, -0.2) is 0 Å². The van der Waals surface area contributed by atoms with Crippen LogP contribution in [0.3, 0.4) is 0 Å². The van der Waals surface area contributed by atoms with Gasteiger partial charge in [0.15, 0.2) is 0 Å². The van der Waals surface area contributed by atoms with Crippen LogP contribution in [0.25, 0.3) is 0 Å². The van der Waals surface area contributed by atoms with Gasteiger partial charge in [-0.05, 0) is 22.5 Å². The number of carbonyl (C=O) groups is 1. The van der Waals surface area contributed by atoms with Crippen molar-refractivity contribution in [2.45, 2.75) is 90.6 Å². The zero-order valence-corrected chi connectivity index (χ0v) is 22.4. The summed E-state index contributed by atoms with van der Waals surface area (Å²) in [5.74, 6) is 1.35. The maximum Gasteiger partial charge on any atom is 0.231 e. The Morgan fingerprint density at radius 3 is 2.14 bits per heavy atom. The number of methoxy groups -OCH3 is 1. The van der Waals surface area contributed by atoms with E-state index < -0.39 is 8.07 Å². The molecule has 0 saturated carbocycles. The van der Waals surface area contributed by atoms with Crippen LogP contribution in [-0.2, 0) is 9.53 Å². The lowest BCUT2D eigenvalue weighted by molar-refractivity contribution is -0.130. The molecule has 1 unspecified atom stereocenters. The van der Waals surface area contributed by atoms with Crippen LogP contribution in [0.5, 0.6) is 0 Å². The molecule has 0 aromatic rings. The van der Waals surface area contributed by atoms with Crippen LogP contribution in [-0.4, -0.2) is 48.2 Å². The van der Waals surface area contributed by atoms with Crippen LogP contribution in [0.1, 0.15) is 61.8 Å². The van der Waals surface area contributed by atoms with E-state index in [-0.39, 0.29) is 18.1 Å². The summed E-state index contributed by atoms with van der Waals surface area (Å²) >= 11 is 7.03. The normalized spacial score (nSPS) is 19.8. The maximum atomic E-state index is 12.9.